The zero-order valence-electron chi connectivity index (χ0n) is 15.0. The van der Waals surface area contributed by atoms with E-state index in [-0.39, 0.29) is 40.8 Å². The summed E-state index contributed by atoms with van der Waals surface area (Å²) in [5, 5.41) is 2.39. The second kappa shape index (κ2) is 6.88. The third-order valence-electron chi connectivity index (χ3n) is 4.96. The van der Waals surface area contributed by atoms with E-state index in [2.05, 4.69) is 30.3 Å². The number of hydrogen-bond acceptors (Lipinski definition) is 4. The highest BCUT2D eigenvalue weighted by Gasteiger charge is 2.47. The summed E-state index contributed by atoms with van der Waals surface area (Å²) in [4.78, 5) is 30.8. The van der Waals surface area contributed by atoms with Crippen LogP contribution in [-0.4, -0.2) is 54.4 Å². The molecule has 4 rings (SSSR count). The molecule has 0 aromatic heterocycles. The first kappa shape index (κ1) is 18.7. The van der Waals surface area contributed by atoms with Crippen LogP contribution in [0.1, 0.15) is 5.56 Å². The lowest BCUT2D eigenvalue weighted by Gasteiger charge is -2.28. The molecule has 2 aromatic carbocycles. The number of quaternary nitrogens is 1. The molecule has 2 aliphatic heterocycles. The molecule has 0 fully saturated rings. The standard InChI is InChI=1S/C19H20N4O2.HI/c1-20-12-23(16-17(20)21(2)19(25)22(3)18(16)24)11-13-8-9-14-6-4-5-7-15(14)10-13;/h4-10H,11-12H2,1-3H3;1H. The Labute approximate surface area is 169 Å². The van der Waals surface area contributed by atoms with Crippen LogP contribution in [0.4, 0.5) is 4.79 Å². The maximum Gasteiger partial charge on any atom is 0.430 e. The average Bonchev–Trinajstić information content (AvgIpc) is 2.94. The average molecular weight is 464 g/mol. The minimum atomic E-state index is -0.219. The Morgan fingerprint density at radius 2 is 1.73 bits per heavy atom. The molecule has 0 saturated carbocycles. The predicted molar refractivity (Wildman–Crippen MR) is 94.2 cm³/mol. The number of fused-ring (bicyclic) bond motifs is 1. The predicted octanol–water partition coefficient (Wildman–Crippen LogP) is -2.18. The van der Waals surface area contributed by atoms with E-state index in [9.17, 15) is 9.59 Å². The minimum Gasteiger partial charge on any atom is -1.00 e. The largest absolute Gasteiger partial charge is 1.00 e. The number of nitrogens with one attached hydrogen (secondary N) is 1. The van der Waals surface area contributed by atoms with Crippen molar-refractivity contribution < 1.29 is 38.5 Å². The molecule has 2 heterocycles. The van der Waals surface area contributed by atoms with Crippen LogP contribution >= 0.6 is 0 Å². The van der Waals surface area contributed by atoms with Crippen LogP contribution in [0.15, 0.2) is 54.0 Å². The van der Waals surface area contributed by atoms with Crippen LogP contribution in [0.2, 0.25) is 0 Å². The fraction of sp³-hybridized carbons (Fsp3) is 0.263. The van der Waals surface area contributed by atoms with Gasteiger partial charge < -0.3 is 33.8 Å². The van der Waals surface area contributed by atoms with E-state index in [1.807, 2.05) is 29.0 Å². The lowest BCUT2D eigenvalue weighted by Crippen LogP contribution is -3.16. The topological polar surface area (TPSA) is 48.3 Å². The first-order valence-corrected chi connectivity index (χ1v) is 8.31. The summed E-state index contributed by atoms with van der Waals surface area (Å²) >= 11 is 0. The first-order valence-electron chi connectivity index (χ1n) is 8.31. The van der Waals surface area contributed by atoms with Crippen molar-refractivity contribution in [2.45, 2.75) is 6.54 Å². The number of carbonyl (C=O) groups excluding carboxylic acids is 2. The summed E-state index contributed by atoms with van der Waals surface area (Å²) in [6, 6.07) is 14.4. The van der Waals surface area contributed by atoms with Gasteiger partial charge in [0.1, 0.15) is 0 Å². The van der Waals surface area contributed by atoms with Gasteiger partial charge in [0.05, 0.1) is 13.7 Å². The summed E-state index contributed by atoms with van der Waals surface area (Å²) in [5.74, 6) is 0.532. The third-order valence-corrected chi connectivity index (χ3v) is 4.96. The van der Waals surface area contributed by atoms with E-state index in [1.165, 1.54) is 10.8 Å². The second-order valence-corrected chi connectivity index (χ2v) is 6.71. The Morgan fingerprint density at radius 1 is 1.04 bits per heavy atom. The van der Waals surface area contributed by atoms with Crippen molar-refractivity contribution in [3.05, 3.63) is 59.5 Å². The van der Waals surface area contributed by atoms with E-state index >= 15 is 0 Å². The summed E-state index contributed by atoms with van der Waals surface area (Å²) < 4.78 is 0. The molecule has 1 unspecified atom stereocenters. The van der Waals surface area contributed by atoms with Gasteiger partial charge in [-0.05, 0) is 22.4 Å². The fourth-order valence-corrected chi connectivity index (χ4v) is 3.69. The van der Waals surface area contributed by atoms with Gasteiger partial charge >= 0.3 is 11.9 Å². The van der Waals surface area contributed by atoms with Crippen molar-refractivity contribution >= 4 is 22.7 Å². The monoisotopic (exact) mass is 464 g/mol. The van der Waals surface area contributed by atoms with Gasteiger partial charge in [-0.2, -0.15) is 4.90 Å². The fourth-order valence-electron chi connectivity index (χ4n) is 3.69. The van der Waals surface area contributed by atoms with E-state index in [1.54, 1.807) is 19.0 Å². The number of halogens is 1. The van der Waals surface area contributed by atoms with Crippen LogP contribution in [0.3, 0.4) is 0 Å². The molecule has 2 aliphatic rings. The van der Waals surface area contributed by atoms with Gasteiger partial charge in [-0.1, -0.05) is 36.4 Å². The number of rotatable bonds is 2. The molecule has 0 saturated heterocycles. The molecule has 136 valence electrons. The van der Waals surface area contributed by atoms with E-state index in [0.29, 0.717) is 24.7 Å². The van der Waals surface area contributed by atoms with E-state index in [0.717, 1.165) is 5.56 Å². The number of imide groups is 1. The Bertz CT molecular complexity index is 927. The number of amides is 3. The molecule has 0 bridgehead atoms. The molecular weight excluding hydrogens is 443 g/mol. The van der Waals surface area contributed by atoms with Crippen LogP contribution < -0.4 is 28.9 Å². The number of hydrogen-bond donors (Lipinski definition) is 1. The smallest absolute Gasteiger partial charge is 0.430 e. The maximum absolute atomic E-state index is 12.7. The number of benzene rings is 2. The Hall–Kier alpha value is -2.13. The zero-order valence-corrected chi connectivity index (χ0v) is 17.1. The van der Waals surface area contributed by atoms with Crippen molar-refractivity contribution in [1.82, 2.24) is 14.7 Å². The summed E-state index contributed by atoms with van der Waals surface area (Å²) in [6.07, 6.45) is 0. The number of urea groups is 1. The summed E-state index contributed by atoms with van der Waals surface area (Å²) in [5.41, 5.74) is 1.76. The minimum absolute atomic E-state index is 0. The van der Waals surface area contributed by atoms with Gasteiger partial charge in [-0.25, -0.2) is 14.5 Å². The Kier molecular flexibility index (Phi) is 4.94. The van der Waals surface area contributed by atoms with Crippen molar-refractivity contribution in [3.63, 3.8) is 0 Å². The van der Waals surface area contributed by atoms with Gasteiger partial charge in [-0.15, -0.1) is 0 Å². The number of nitrogens with zero attached hydrogens (tertiary/aromatic N) is 3. The molecule has 3 amide bonds. The SMILES string of the molecule is CN1CN(Cc2ccc3ccccc3c2)C2=C1N(C)C(=O)[NH+](C)C2=O.[I-]. The first-order chi connectivity index (χ1) is 12.0. The van der Waals surface area contributed by atoms with Gasteiger partial charge in [0.25, 0.3) is 0 Å². The van der Waals surface area contributed by atoms with Gasteiger partial charge in [0.2, 0.25) is 0 Å². The highest BCUT2D eigenvalue weighted by atomic mass is 127. The Morgan fingerprint density at radius 3 is 2.46 bits per heavy atom. The molecule has 0 spiro atoms. The zero-order chi connectivity index (χ0) is 17.7. The number of carbonyl (C=O) groups is 2. The normalized spacial score (nSPS) is 20.0. The summed E-state index contributed by atoms with van der Waals surface area (Å²) in [7, 11) is 5.24. The van der Waals surface area contributed by atoms with Crippen LogP contribution in [0, 0.1) is 0 Å². The Balaban J connectivity index is 0.00000196. The van der Waals surface area contributed by atoms with Crippen LogP contribution in [-0.2, 0) is 11.3 Å². The van der Waals surface area contributed by atoms with E-state index < -0.39 is 0 Å². The van der Waals surface area contributed by atoms with Crippen molar-refractivity contribution in [2.75, 3.05) is 27.8 Å². The highest BCUT2D eigenvalue weighted by Crippen LogP contribution is 2.28. The molecule has 0 radical (unpaired) electrons. The lowest BCUT2D eigenvalue weighted by molar-refractivity contribution is -0.711. The molecular formula is C19H21IN4O2. The number of likely N-dealkylation sites (N-methyl/N-ethyl adjacent to an activating group) is 1. The van der Waals surface area contributed by atoms with Crippen molar-refractivity contribution in [1.29, 1.82) is 0 Å². The molecule has 7 heteroatoms. The third kappa shape index (κ3) is 2.84. The van der Waals surface area contributed by atoms with Gasteiger partial charge in [-0.3, -0.25) is 0 Å². The van der Waals surface area contributed by atoms with Gasteiger partial charge in [0.15, 0.2) is 11.5 Å². The molecule has 6 nitrogen and oxygen atoms in total. The van der Waals surface area contributed by atoms with Crippen LogP contribution in [0.5, 0.6) is 0 Å². The molecule has 26 heavy (non-hydrogen) atoms. The van der Waals surface area contributed by atoms with E-state index in [4.69, 9.17) is 0 Å². The lowest BCUT2D eigenvalue weighted by atomic mass is 10.1. The van der Waals surface area contributed by atoms with Crippen LogP contribution in [0.25, 0.3) is 10.8 Å². The summed E-state index contributed by atoms with van der Waals surface area (Å²) in [6.45, 7) is 1.23. The quantitative estimate of drug-likeness (QED) is 0.514. The second-order valence-electron chi connectivity index (χ2n) is 6.71. The molecule has 1 atom stereocenters. The van der Waals surface area contributed by atoms with Gasteiger partial charge in [0, 0.05) is 20.6 Å². The molecule has 0 aliphatic carbocycles. The molecule has 2 aromatic rings. The maximum atomic E-state index is 12.7. The molecule has 1 N–H and O–H groups in total. The van der Waals surface area contributed by atoms with Crippen molar-refractivity contribution in [3.8, 4) is 0 Å². The van der Waals surface area contributed by atoms with Crippen molar-refractivity contribution in [2.24, 2.45) is 0 Å². The highest BCUT2D eigenvalue weighted by molar-refractivity contribution is 5.96.